The normalized spacial score (nSPS) is 9.83. The minimum absolute atomic E-state index is 0.00543. The topological polar surface area (TPSA) is 76.2 Å². The number of hydrogen-bond acceptors (Lipinski definition) is 3. The van der Waals surface area contributed by atoms with Crippen molar-refractivity contribution in [1.82, 2.24) is 4.98 Å². The van der Waals surface area contributed by atoms with Gasteiger partial charge in [-0.2, -0.15) is 0 Å². The Hall–Kier alpha value is -1.29. The van der Waals surface area contributed by atoms with Crippen LogP contribution in [-0.4, -0.2) is 16.1 Å². The van der Waals surface area contributed by atoms with E-state index in [4.69, 9.17) is 22.4 Å². The minimum Gasteiger partial charge on any atom is -0.478 e. The van der Waals surface area contributed by atoms with Crippen LogP contribution in [0.3, 0.4) is 0 Å². The zero-order valence-corrected chi connectivity index (χ0v) is 7.09. The maximum Gasteiger partial charge on any atom is 0.339 e. The van der Waals surface area contributed by atoms with Crippen LogP contribution in [0.15, 0.2) is 6.07 Å². The molecule has 0 unspecified atom stereocenters. The van der Waals surface area contributed by atoms with Crippen LogP contribution in [0.5, 0.6) is 0 Å². The monoisotopic (exact) mass is 186 g/mol. The smallest absolute Gasteiger partial charge is 0.339 e. The van der Waals surface area contributed by atoms with E-state index in [2.05, 4.69) is 4.98 Å². The second kappa shape index (κ2) is 2.98. The third kappa shape index (κ3) is 1.48. The van der Waals surface area contributed by atoms with Gasteiger partial charge >= 0.3 is 5.97 Å². The van der Waals surface area contributed by atoms with Gasteiger partial charge in [-0.25, -0.2) is 9.78 Å². The molecule has 0 atom stereocenters. The Morgan fingerprint density at radius 1 is 1.75 bits per heavy atom. The number of hydrogen-bond donors (Lipinski definition) is 2. The number of aryl methyl sites for hydroxylation is 1. The fourth-order valence-corrected chi connectivity index (χ4v) is 1.24. The highest BCUT2D eigenvalue weighted by Crippen LogP contribution is 2.20. The third-order valence-electron chi connectivity index (χ3n) is 1.39. The Morgan fingerprint density at radius 2 is 2.33 bits per heavy atom. The molecule has 0 fully saturated rings. The first-order chi connectivity index (χ1) is 5.52. The summed E-state index contributed by atoms with van der Waals surface area (Å²) in [4.78, 5) is 14.4. The van der Waals surface area contributed by atoms with Crippen molar-refractivity contribution in [2.45, 2.75) is 6.92 Å². The highest BCUT2D eigenvalue weighted by atomic mass is 35.5. The summed E-state index contributed by atoms with van der Waals surface area (Å²) in [5.74, 6) is -0.868. The van der Waals surface area contributed by atoms with Gasteiger partial charge in [0.1, 0.15) is 5.82 Å². The summed E-state index contributed by atoms with van der Waals surface area (Å²) < 4.78 is 0. The molecule has 0 bridgehead atoms. The van der Waals surface area contributed by atoms with Crippen LogP contribution in [0, 0.1) is 6.92 Å². The molecule has 1 aromatic rings. The predicted molar refractivity (Wildman–Crippen MR) is 45.4 cm³/mol. The summed E-state index contributed by atoms with van der Waals surface area (Å²) in [7, 11) is 0. The van der Waals surface area contributed by atoms with Crippen molar-refractivity contribution in [2.75, 3.05) is 5.73 Å². The van der Waals surface area contributed by atoms with Crippen LogP contribution in [0.2, 0.25) is 5.02 Å². The van der Waals surface area contributed by atoms with Crippen LogP contribution in [-0.2, 0) is 0 Å². The van der Waals surface area contributed by atoms with Crippen molar-refractivity contribution in [3.63, 3.8) is 0 Å². The summed E-state index contributed by atoms with van der Waals surface area (Å²) in [6.45, 7) is 1.55. The SMILES string of the molecule is Cc1nc(N)cc(Cl)c1C(=O)O. The van der Waals surface area contributed by atoms with Crippen molar-refractivity contribution in [3.05, 3.63) is 22.3 Å². The molecule has 1 aromatic heterocycles. The van der Waals surface area contributed by atoms with Crippen molar-refractivity contribution >= 4 is 23.4 Å². The van der Waals surface area contributed by atoms with Gasteiger partial charge in [0, 0.05) is 0 Å². The molecule has 4 nitrogen and oxygen atoms in total. The summed E-state index contributed by atoms with van der Waals surface area (Å²) in [6, 6.07) is 1.32. The van der Waals surface area contributed by atoms with Gasteiger partial charge in [0.05, 0.1) is 16.3 Å². The largest absolute Gasteiger partial charge is 0.478 e. The molecule has 12 heavy (non-hydrogen) atoms. The fourth-order valence-electron chi connectivity index (χ4n) is 0.914. The number of nitrogens with two attached hydrogens (primary N) is 1. The van der Waals surface area contributed by atoms with Gasteiger partial charge in [-0.05, 0) is 13.0 Å². The Kier molecular flexibility index (Phi) is 2.19. The number of rotatable bonds is 1. The molecule has 5 heteroatoms. The molecule has 0 radical (unpaired) electrons. The van der Waals surface area contributed by atoms with Crippen LogP contribution < -0.4 is 5.73 Å². The van der Waals surface area contributed by atoms with Gasteiger partial charge in [-0.15, -0.1) is 0 Å². The highest BCUT2D eigenvalue weighted by molar-refractivity contribution is 6.33. The quantitative estimate of drug-likeness (QED) is 0.694. The predicted octanol–water partition coefficient (Wildman–Crippen LogP) is 1.32. The van der Waals surface area contributed by atoms with Crippen molar-refractivity contribution < 1.29 is 9.90 Å². The first-order valence-corrected chi connectivity index (χ1v) is 3.56. The summed E-state index contributed by atoms with van der Waals surface area (Å²) in [5.41, 5.74) is 5.67. The van der Waals surface area contributed by atoms with E-state index in [1.54, 1.807) is 6.92 Å². The van der Waals surface area contributed by atoms with Crippen molar-refractivity contribution in [3.8, 4) is 0 Å². The molecule has 0 saturated carbocycles. The molecule has 0 spiro atoms. The molecular weight excluding hydrogens is 180 g/mol. The van der Waals surface area contributed by atoms with Crippen LogP contribution in [0.4, 0.5) is 5.82 Å². The number of anilines is 1. The van der Waals surface area contributed by atoms with E-state index in [-0.39, 0.29) is 16.4 Å². The first-order valence-electron chi connectivity index (χ1n) is 3.18. The van der Waals surface area contributed by atoms with E-state index in [1.807, 2.05) is 0 Å². The second-order valence-corrected chi connectivity index (χ2v) is 2.70. The number of aromatic nitrogens is 1. The lowest BCUT2D eigenvalue weighted by molar-refractivity contribution is 0.0696. The maximum absolute atomic E-state index is 10.6. The molecule has 0 saturated heterocycles. The Balaban J connectivity index is 3.38. The number of nitrogen functional groups attached to an aromatic ring is 1. The van der Waals surface area contributed by atoms with E-state index in [1.165, 1.54) is 6.07 Å². The average molecular weight is 187 g/mol. The Labute approximate surface area is 74.0 Å². The number of pyridine rings is 1. The molecule has 1 heterocycles. The van der Waals surface area contributed by atoms with E-state index in [0.717, 1.165) is 0 Å². The van der Waals surface area contributed by atoms with Gasteiger partial charge in [0.15, 0.2) is 0 Å². The minimum atomic E-state index is -1.09. The third-order valence-corrected chi connectivity index (χ3v) is 1.68. The van der Waals surface area contributed by atoms with Gasteiger partial charge in [-0.3, -0.25) is 0 Å². The number of nitrogens with zero attached hydrogens (tertiary/aromatic N) is 1. The van der Waals surface area contributed by atoms with E-state index in [0.29, 0.717) is 5.69 Å². The van der Waals surface area contributed by atoms with Crippen LogP contribution in [0.1, 0.15) is 16.1 Å². The van der Waals surface area contributed by atoms with Gasteiger partial charge in [0.25, 0.3) is 0 Å². The standard InChI is InChI=1S/C7H7ClN2O2/c1-3-6(7(11)12)4(8)2-5(9)10-3/h2H,1H3,(H2,9,10)(H,11,12). The summed E-state index contributed by atoms with van der Waals surface area (Å²) in [6.07, 6.45) is 0. The fraction of sp³-hybridized carbons (Fsp3) is 0.143. The van der Waals surface area contributed by atoms with Crippen molar-refractivity contribution in [1.29, 1.82) is 0 Å². The van der Waals surface area contributed by atoms with E-state index < -0.39 is 5.97 Å². The number of halogens is 1. The molecule has 0 aliphatic rings. The lowest BCUT2D eigenvalue weighted by Crippen LogP contribution is -2.04. The zero-order chi connectivity index (χ0) is 9.30. The number of carboxylic acids is 1. The van der Waals surface area contributed by atoms with Crippen molar-refractivity contribution in [2.24, 2.45) is 0 Å². The lowest BCUT2D eigenvalue weighted by atomic mass is 10.2. The Bertz CT molecular complexity index is 315. The lowest BCUT2D eigenvalue weighted by Gasteiger charge is -2.02. The number of carboxylic acid groups (broad SMARTS) is 1. The van der Waals surface area contributed by atoms with Gasteiger partial charge in [-0.1, -0.05) is 11.6 Å². The van der Waals surface area contributed by atoms with Crippen LogP contribution in [0.25, 0.3) is 0 Å². The highest BCUT2D eigenvalue weighted by Gasteiger charge is 2.13. The second-order valence-electron chi connectivity index (χ2n) is 2.29. The van der Waals surface area contributed by atoms with Gasteiger partial charge < -0.3 is 10.8 Å². The average Bonchev–Trinajstić information content (AvgIpc) is 1.82. The number of aromatic carboxylic acids is 1. The van der Waals surface area contributed by atoms with Crippen LogP contribution >= 0.6 is 11.6 Å². The summed E-state index contributed by atoms with van der Waals surface area (Å²) >= 11 is 5.63. The molecule has 0 aliphatic carbocycles. The Morgan fingerprint density at radius 3 is 2.75 bits per heavy atom. The maximum atomic E-state index is 10.6. The molecule has 64 valence electrons. The van der Waals surface area contributed by atoms with Gasteiger partial charge in [0.2, 0.25) is 0 Å². The molecule has 0 amide bonds. The summed E-state index contributed by atoms with van der Waals surface area (Å²) in [5, 5.41) is 8.79. The molecule has 0 aromatic carbocycles. The molecular formula is C7H7ClN2O2. The van der Waals surface area contributed by atoms with E-state index in [9.17, 15) is 4.79 Å². The van der Waals surface area contributed by atoms with E-state index >= 15 is 0 Å². The molecule has 0 aliphatic heterocycles. The first kappa shape index (κ1) is 8.80. The molecule has 3 N–H and O–H groups in total. The zero-order valence-electron chi connectivity index (χ0n) is 6.34. The number of carbonyl (C=O) groups is 1. The molecule has 1 rings (SSSR count).